The number of hydrogen-bond acceptors (Lipinski definition) is 3. The first-order valence-corrected chi connectivity index (χ1v) is 5.71. The van der Waals surface area contributed by atoms with Crippen LogP contribution < -0.4 is 4.74 Å². The zero-order chi connectivity index (χ0) is 13.1. The summed E-state index contributed by atoms with van der Waals surface area (Å²) in [6, 6.07) is 6.42. The summed E-state index contributed by atoms with van der Waals surface area (Å²) in [4.78, 5) is 10.8. The summed E-state index contributed by atoms with van der Waals surface area (Å²) in [6.45, 7) is 0.135. The summed E-state index contributed by atoms with van der Waals surface area (Å²) in [5, 5.41) is 9.81. The smallest absolute Gasteiger partial charge is 0.375 e. The third-order valence-electron chi connectivity index (χ3n) is 2.22. The van der Waals surface area contributed by atoms with E-state index in [2.05, 4.69) is 0 Å². The van der Waals surface area contributed by atoms with Crippen LogP contribution in [0.4, 0.5) is 0 Å². The van der Waals surface area contributed by atoms with E-state index in [4.69, 9.17) is 37.5 Å². The van der Waals surface area contributed by atoms with Crippen LogP contribution in [0.3, 0.4) is 0 Å². The Kier molecular flexibility index (Phi) is 3.79. The van der Waals surface area contributed by atoms with Crippen LogP contribution in [0.25, 0.3) is 0 Å². The number of ether oxygens (including phenoxy) is 1. The molecule has 2 rings (SSSR count). The fourth-order valence-corrected chi connectivity index (χ4v) is 1.82. The van der Waals surface area contributed by atoms with Crippen molar-refractivity contribution in [3.63, 3.8) is 0 Å². The zero-order valence-electron chi connectivity index (χ0n) is 9.02. The molecule has 0 bridgehead atoms. The first-order valence-electron chi connectivity index (χ1n) is 4.95. The molecule has 0 radical (unpaired) electrons. The maximum absolute atomic E-state index is 10.8. The maximum Gasteiger partial charge on any atom is 0.375 e. The highest BCUT2D eigenvalue weighted by molar-refractivity contribution is 6.35. The van der Waals surface area contributed by atoms with Crippen molar-refractivity contribution in [3.05, 3.63) is 51.9 Å². The number of carboxylic acids is 1. The van der Waals surface area contributed by atoms with Gasteiger partial charge in [-0.3, -0.25) is 0 Å². The predicted octanol–water partition coefficient (Wildman–Crippen LogP) is 3.86. The molecular weight excluding hydrogens is 279 g/mol. The van der Waals surface area contributed by atoms with Gasteiger partial charge in [0.05, 0.1) is 6.26 Å². The van der Waals surface area contributed by atoms with Gasteiger partial charge in [-0.05, 0) is 12.1 Å². The lowest BCUT2D eigenvalue weighted by atomic mass is 10.2. The van der Waals surface area contributed by atoms with Crippen LogP contribution in [0.15, 0.2) is 34.9 Å². The van der Waals surface area contributed by atoms with E-state index in [1.165, 1.54) is 12.3 Å². The molecule has 0 aliphatic rings. The standard InChI is InChI=1S/C12H8Cl2O4/c13-8-2-1-7(9(14)5-8)6-18-10-3-4-17-11(10)12(15)16/h1-5H,6H2,(H,15,16). The molecule has 94 valence electrons. The molecule has 18 heavy (non-hydrogen) atoms. The minimum absolute atomic E-state index is 0.135. The minimum Gasteiger partial charge on any atom is -0.485 e. The summed E-state index contributed by atoms with van der Waals surface area (Å²) in [5.74, 6) is -1.26. The van der Waals surface area contributed by atoms with Crippen molar-refractivity contribution in [1.29, 1.82) is 0 Å². The maximum atomic E-state index is 10.8. The van der Waals surface area contributed by atoms with E-state index >= 15 is 0 Å². The Bertz CT molecular complexity index is 577. The van der Waals surface area contributed by atoms with Gasteiger partial charge in [-0.2, -0.15) is 0 Å². The van der Waals surface area contributed by atoms with E-state index in [9.17, 15) is 4.79 Å². The van der Waals surface area contributed by atoms with Crippen LogP contribution in [0.5, 0.6) is 5.75 Å². The summed E-state index contributed by atoms with van der Waals surface area (Å²) >= 11 is 11.7. The summed E-state index contributed by atoms with van der Waals surface area (Å²) in [7, 11) is 0. The molecule has 0 saturated heterocycles. The fraction of sp³-hybridized carbons (Fsp3) is 0.0833. The van der Waals surface area contributed by atoms with E-state index in [0.717, 1.165) is 0 Å². The molecule has 4 nitrogen and oxygen atoms in total. The molecule has 0 fully saturated rings. The molecule has 1 heterocycles. The number of carboxylic acid groups (broad SMARTS) is 1. The van der Waals surface area contributed by atoms with Crippen LogP contribution in [0.1, 0.15) is 16.1 Å². The van der Waals surface area contributed by atoms with E-state index in [0.29, 0.717) is 15.6 Å². The van der Waals surface area contributed by atoms with Crippen molar-refractivity contribution >= 4 is 29.2 Å². The van der Waals surface area contributed by atoms with Crippen LogP contribution in [-0.2, 0) is 6.61 Å². The Labute approximate surface area is 113 Å². The Morgan fingerprint density at radius 2 is 2.11 bits per heavy atom. The van der Waals surface area contributed by atoms with Crippen molar-refractivity contribution in [2.75, 3.05) is 0 Å². The van der Waals surface area contributed by atoms with Gasteiger partial charge in [0.1, 0.15) is 6.61 Å². The average molecular weight is 287 g/mol. The van der Waals surface area contributed by atoms with Crippen LogP contribution in [-0.4, -0.2) is 11.1 Å². The fourth-order valence-electron chi connectivity index (χ4n) is 1.36. The molecule has 1 aromatic carbocycles. The highest BCUT2D eigenvalue weighted by Crippen LogP contribution is 2.25. The first kappa shape index (κ1) is 12.8. The van der Waals surface area contributed by atoms with Crippen LogP contribution >= 0.6 is 23.2 Å². The minimum atomic E-state index is -1.18. The van der Waals surface area contributed by atoms with Crippen molar-refractivity contribution in [2.24, 2.45) is 0 Å². The van der Waals surface area contributed by atoms with E-state index in [1.807, 2.05) is 0 Å². The summed E-state index contributed by atoms with van der Waals surface area (Å²) in [6.07, 6.45) is 1.25. The molecule has 0 spiro atoms. The van der Waals surface area contributed by atoms with Gasteiger partial charge in [0.2, 0.25) is 0 Å². The Balaban J connectivity index is 2.11. The van der Waals surface area contributed by atoms with Gasteiger partial charge in [0.15, 0.2) is 5.75 Å². The molecular formula is C12H8Cl2O4. The van der Waals surface area contributed by atoms with Crippen molar-refractivity contribution in [3.8, 4) is 5.75 Å². The highest BCUT2D eigenvalue weighted by Gasteiger charge is 2.15. The normalized spacial score (nSPS) is 10.3. The monoisotopic (exact) mass is 286 g/mol. The van der Waals surface area contributed by atoms with Gasteiger partial charge in [0.25, 0.3) is 5.76 Å². The summed E-state index contributed by atoms with van der Waals surface area (Å²) < 4.78 is 10.1. The molecule has 1 N–H and O–H groups in total. The number of furan rings is 1. The SMILES string of the molecule is O=C(O)c1occc1OCc1ccc(Cl)cc1Cl. The van der Waals surface area contributed by atoms with Gasteiger partial charge < -0.3 is 14.3 Å². The van der Waals surface area contributed by atoms with Crippen LogP contribution in [0, 0.1) is 0 Å². The molecule has 2 aromatic rings. The number of rotatable bonds is 4. The molecule has 0 amide bonds. The Morgan fingerprint density at radius 1 is 1.33 bits per heavy atom. The second-order valence-corrected chi connectivity index (χ2v) is 4.29. The Morgan fingerprint density at radius 3 is 2.78 bits per heavy atom. The third kappa shape index (κ3) is 2.78. The molecule has 6 heteroatoms. The molecule has 0 aliphatic heterocycles. The second kappa shape index (κ2) is 5.33. The lowest BCUT2D eigenvalue weighted by Gasteiger charge is -2.06. The number of benzene rings is 1. The van der Waals surface area contributed by atoms with Gasteiger partial charge in [-0.1, -0.05) is 29.3 Å². The molecule has 0 unspecified atom stereocenters. The van der Waals surface area contributed by atoms with Gasteiger partial charge in [0, 0.05) is 21.7 Å². The predicted molar refractivity (Wildman–Crippen MR) is 66.5 cm³/mol. The quantitative estimate of drug-likeness (QED) is 0.927. The van der Waals surface area contributed by atoms with E-state index < -0.39 is 5.97 Å². The number of halogens is 2. The lowest BCUT2D eigenvalue weighted by molar-refractivity contribution is 0.0655. The van der Waals surface area contributed by atoms with Crippen LogP contribution in [0.2, 0.25) is 10.0 Å². The van der Waals surface area contributed by atoms with Gasteiger partial charge in [-0.25, -0.2) is 4.79 Å². The third-order valence-corrected chi connectivity index (χ3v) is 2.81. The first-order chi connectivity index (χ1) is 8.58. The molecule has 0 saturated carbocycles. The number of hydrogen-bond donors (Lipinski definition) is 1. The van der Waals surface area contributed by atoms with Gasteiger partial charge in [-0.15, -0.1) is 0 Å². The van der Waals surface area contributed by atoms with Gasteiger partial charge >= 0.3 is 5.97 Å². The second-order valence-electron chi connectivity index (χ2n) is 3.44. The average Bonchev–Trinajstić information content (AvgIpc) is 2.76. The largest absolute Gasteiger partial charge is 0.485 e. The molecule has 0 aliphatic carbocycles. The topological polar surface area (TPSA) is 59.7 Å². The molecule has 1 aromatic heterocycles. The van der Waals surface area contributed by atoms with E-state index in [1.54, 1.807) is 18.2 Å². The van der Waals surface area contributed by atoms with Crippen molar-refractivity contribution in [2.45, 2.75) is 6.61 Å². The van der Waals surface area contributed by atoms with Crippen molar-refractivity contribution < 1.29 is 19.1 Å². The van der Waals surface area contributed by atoms with E-state index in [-0.39, 0.29) is 18.1 Å². The number of carbonyl (C=O) groups is 1. The Hall–Kier alpha value is -1.65. The highest BCUT2D eigenvalue weighted by atomic mass is 35.5. The molecule has 0 atom stereocenters. The zero-order valence-corrected chi connectivity index (χ0v) is 10.5. The number of aromatic carboxylic acids is 1. The lowest BCUT2D eigenvalue weighted by Crippen LogP contribution is -2.01. The van der Waals surface area contributed by atoms with Crippen molar-refractivity contribution in [1.82, 2.24) is 0 Å². The summed E-state index contributed by atoms with van der Waals surface area (Å²) in [5.41, 5.74) is 0.707.